The van der Waals surface area contributed by atoms with Crippen LogP contribution >= 0.6 is 11.8 Å². The van der Waals surface area contributed by atoms with E-state index in [2.05, 4.69) is 25.9 Å². The lowest BCUT2D eigenvalue weighted by molar-refractivity contribution is -0.141. The van der Waals surface area contributed by atoms with Crippen molar-refractivity contribution >= 4 is 17.7 Å². The fourth-order valence-electron chi connectivity index (χ4n) is 2.49. The number of amides is 1. The van der Waals surface area contributed by atoms with Gasteiger partial charge in [-0.2, -0.15) is 17.0 Å². The summed E-state index contributed by atoms with van der Waals surface area (Å²) in [7, 11) is 1.53. The molecule has 9 heteroatoms. The topological polar surface area (TPSA) is 92.8 Å². The second-order valence-corrected chi connectivity index (χ2v) is 6.33. The zero-order chi connectivity index (χ0) is 16.3. The highest BCUT2D eigenvalue weighted by Gasteiger charge is 2.43. The molecule has 1 aromatic heterocycles. The molecule has 0 spiro atoms. The first-order valence-electron chi connectivity index (χ1n) is 7.07. The summed E-state index contributed by atoms with van der Waals surface area (Å²) in [6.07, 6.45) is 0.641. The summed E-state index contributed by atoms with van der Waals surface area (Å²) >= 11 is 1.67. The average molecular weight is 337 g/mol. The maximum Gasteiger partial charge on any atom is 0.253 e. The summed E-state index contributed by atoms with van der Waals surface area (Å²) in [6.45, 7) is 0. The van der Waals surface area contributed by atoms with Gasteiger partial charge in [-0.05, 0) is 29.9 Å². The number of thioether (sulfide) groups is 1. The molecule has 0 bridgehead atoms. The highest BCUT2D eigenvalue weighted by molar-refractivity contribution is 7.99. The van der Waals surface area contributed by atoms with E-state index in [-0.39, 0.29) is 11.7 Å². The fourth-order valence-corrected chi connectivity index (χ4v) is 3.83. The van der Waals surface area contributed by atoms with Crippen molar-refractivity contribution in [2.45, 2.75) is 18.1 Å². The number of aromatic nitrogens is 4. The number of hydrogen-bond acceptors (Lipinski definition) is 6. The maximum absolute atomic E-state index is 13.2. The molecule has 3 rings (SSSR count). The number of carbonyl (C=O) groups is 1. The smallest absolute Gasteiger partial charge is 0.253 e. The number of hydrogen-bond donors (Lipinski definition) is 2. The van der Waals surface area contributed by atoms with Crippen LogP contribution in [0.15, 0.2) is 24.3 Å². The molecular weight excluding hydrogens is 321 g/mol. The number of H-pyrrole nitrogens is 1. The number of carbonyl (C=O) groups excluding carboxylic acids is 1. The first-order valence-corrected chi connectivity index (χ1v) is 8.23. The average Bonchev–Trinajstić information content (AvgIpc) is 3.25. The number of rotatable bonds is 5. The van der Waals surface area contributed by atoms with E-state index in [4.69, 9.17) is 4.74 Å². The number of nitrogens with one attached hydrogen (secondary N) is 2. The Morgan fingerprint density at radius 3 is 2.83 bits per heavy atom. The van der Waals surface area contributed by atoms with Crippen LogP contribution < -0.4 is 5.32 Å². The molecule has 2 atom stereocenters. The minimum absolute atomic E-state index is 0.232. The van der Waals surface area contributed by atoms with Gasteiger partial charge in [-0.1, -0.05) is 17.3 Å². The number of aromatic amines is 1. The van der Waals surface area contributed by atoms with Crippen molar-refractivity contribution in [2.75, 3.05) is 18.6 Å². The predicted octanol–water partition coefficient (Wildman–Crippen LogP) is 1.07. The number of halogens is 1. The van der Waals surface area contributed by atoms with Crippen molar-refractivity contribution in [1.29, 1.82) is 0 Å². The molecule has 1 aliphatic heterocycles. The van der Waals surface area contributed by atoms with Crippen molar-refractivity contribution < 1.29 is 13.9 Å². The maximum atomic E-state index is 13.2. The van der Waals surface area contributed by atoms with Gasteiger partial charge in [0.05, 0.1) is 0 Å². The first-order chi connectivity index (χ1) is 11.1. The molecule has 0 radical (unpaired) electrons. The molecule has 2 heterocycles. The molecule has 0 saturated carbocycles. The molecule has 122 valence electrons. The van der Waals surface area contributed by atoms with Crippen LogP contribution in [0.2, 0.25) is 0 Å². The normalized spacial score (nSPS) is 22.0. The van der Waals surface area contributed by atoms with Gasteiger partial charge in [0.2, 0.25) is 5.82 Å². The Labute approximate surface area is 136 Å². The number of benzene rings is 1. The van der Waals surface area contributed by atoms with Gasteiger partial charge in [0, 0.05) is 12.9 Å². The third-order valence-electron chi connectivity index (χ3n) is 3.89. The fraction of sp³-hybridized carbons (Fsp3) is 0.429. The molecule has 7 nitrogen and oxygen atoms in total. The van der Waals surface area contributed by atoms with Crippen molar-refractivity contribution in [3.63, 3.8) is 0 Å². The molecule has 2 aromatic rings. The van der Waals surface area contributed by atoms with E-state index < -0.39 is 11.6 Å². The van der Waals surface area contributed by atoms with E-state index in [1.807, 2.05) is 0 Å². The predicted molar refractivity (Wildman–Crippen MR) is 82.2 cm³/mol. The van der Waals surface area contributed by atoms with E-state index in [9.17, 15) is 9.18 Å². The van der Waals surface area contributed by atoms with Crippen LogP contribution in [0.4, 0.5) is 4.39 Å². The van der Waals surface area contributed by atoms with Crippen LogP contribution in [-0.2, 0) is 9.53 Å². The molecule has 1 aromatic carbocycles. The molecule has 1 fully saturated rings. The second kappa shape index (κ2) is 6.63. The van der Waals surface area contributed by atoms with Gasteiger partial charge in [0.25, 0.3) is 5.91 Å². The lowest BCUT2D eigenvalue weighted by Crippen LogP contribution is -2.49. The summed E-state index contributed by atoms with van der Waals surface area (Å²) in [5.74, 6) is 1.18. The van der Waals surface area contributed by atoms with Crippen LogP contribution in [0.1, 0.15) is 23.9 Å². The second-order valence-electron chi connectivity index (χ2n) is 5.23. The SMILES string of the molecule is COC1(C(=O)NC(c2ccc(F)cc2)c2nn[nH]n2)CCSC1. The Kier molecular flexibility index (Phi) is 4.58. The van der Waals surface area contributed by atoms with Crippen LogP contribution in [0.5, 0.6) is 0 Å². The molecule has 0 aliphatic carbocycles. The van der Waals surface area contributed by atoms with Gasteiger partial charge in [-0.15, -0.1) is 10.2 Å². The number of methoxy groups -OCH3 is 1. The Balaban J connectivity index is 1.87. The van der Waals surface area contributed by atoms with E-state index >= 15 is 0 Å². The molecular formula is C14H16FN5O2S. The van der Waals surface area contributed by atoms with E-state index in [0.29, 0.717) is 23.6 Å². The summed E-state index contributed by atoms with van der Waals surface area (Å²) in [5.41, 5.74) is -0.190. The highest BCUT2D eigenvalue weighted by Crippen LogP contribution is 2.32. The van der Waals surface area contributed by atoms with Crippen LogP contribution in [0.3, 0.4) is 0 Å². The molecule has 1 amide bonds. The zero-order valence-electron chi connectivity index (χ0n) is 12.5. The minimum Gasteiger partial charge on any atom is -0.367 e. The summed E-state index contributed by atoms with van der Waals surface area (Å²) in [5, 5.41) is 16.7. The highest BCUT2D eigenvalue weighted by atomic mass is 32.2. The standard InChI is InChI=1S/C14H16FN5O2S/c1-22-14(6-7-23-8-14)13(21)16-11(12-17-19-20-18-12)9-2-4-10(15)5-3-9/h2-5,11H,6-8H2,1H3,(H,16,21)(H,17,18,19,20). The van der Waals surface area contributed by atoms with Gasteiger partial charge >= 0.3 is 0 Å². The third kappa shape index (κ3) is 3.20. The largest absolute Gasteiger partial charge is 0.367 e. The number of nitrogens with zero attached hydrogens (tertiary/aromatic N) is 3. The van der Waals surface area contributed by atoms with Crippen molar-refractivity contribution in [1.82, 2.24) is 25.9 Å². The summed E-state index contributed by atoms with van der Waals surface area (Å²) < 4.78 is 18.6. The Bertz CT molecular complexity index is 658. The van der Waals surface area contributed by atoms with Gasteiger partial charge in [-0.25, -0.2) is 4.39 Å². The van der Waals surface area contributed by atoms with E-state index in [0.717, 1.165) is 5.75 Å². The van der Waals surface area contributed by atoms with Crippen LogP contribution in [0, 0.1) is 5.82 Å². The molecule has 1 saturated heterocycles. The van der Waals surface area contributed by atoms with E-state index in [1.54, 1.807) is 23.9 Å². The lowest BCUT2D eigenvalue weighted by atomic mass is 10.00. The molecule has 2 unspecified atom stereocenters. The van der Waals surface area contributed by atoms with Crippen molar-refractivity contribution in [2.24, 2.45) is 0 Å². The van der Waals surface area contributed by atoms with Crippen molar-refractivity contribution in [3.8, 4) is 0 Å². The van der Waals surface area contributed by atoms with Gasteiger partial charge in [0.1, 0.15) is 11.9 Å². The third-order valence-corrected chi connectivity index (χ3v) is 5.05. The monoisotopic (exact) mass is 337 g/mol. The van der Waals surface area contributed by atoms with Gasteiger partial charge < -0.3 is 10.1 Å². The summed E-state index contributed by atoms with van der Waals surface area (Å²) in [4.78, 5) is 12.7. The summed E-state index contributed by atoms with van der Waals surface area (Å²) in [6, 6.07) is 5.19. The Morgan fingerprint density at radius 1 is 1.48 bits per heavy atom. The lowest BCUT2D eigenvalue weighted by Gasteiger charge is -2.27. The van der Waals surface area contributed by atoms with Crippen LogP contribution in [0.25, 0.3) is 0 Å². The van der Waals surface area contributed by atoms with Crippen LogP contribution in [-0.4, -0.2) is 50.7 Å². The van der Waals surface area contributed by atoms with E-state index in [1.165, 1.54) is 19.2 Å². The quantitative estimate of drug-likeness (QED) is 0.848. The van der Waals surface area contributed by atoms with Gasteiger partial charge in [-0.3, -0.25) is 4.79 Å². The van der Waals surface area contributed by atoms with Crippen molar-refractivity contribution in [3.05, 3.63) is 41.5 Å². The molecule has 23 heavy (non-hydrogen) atoms. The van der Waals surface area contributed by atoms with Gasteiger partial charge in [0.15, 0.2) is 5.60 Å². The molecule has 1 aliphatic rings. The number of tetrazole rings is 1. The zero-order valence-corrected chi connectivity index (χ0v) is 13.3. The molecule has 2 N–H and O–H groups in total. The number of ether oxygens (including phenoxy) is 1. The first kappa shape index (κ1) is 15.9. The minimum atomic E-state index is -0.854. The Morgan fingerprint density at radius 2 is 2.26 bits per heavy atom. The Hall–Kier alpha value is -2.00.